The van der Waals surface area contributed by atoms with Gasteiger partial charge in [-0.1, -0.05) is 6.42 Å². The number of nitrogens with zero attached hydrogens (tertiary/aromatic N) is 2. The smallest absolute Gasteiger partial charge is 0.00928 e. The summed E-state index contributed by atoms with van der Waals surface area (Å²) in [6.45, 7) is 5.26. The summed E-state index contributed by atoms with van der Waals surface area (Å²) in [4.78, 5) is 5.05. The summed E-state index contributed by atoms with van der Waals surface area (Å²) in [5, 5.41) is 3.51. The molecule has 2 atom stereocenters. The van der Waals surface area contributed by atoms with Crippen LogP contribution in [0.3, 0.4) is 0 Å². The van der Waals surface area contributed by atoms with Crippen LogP contribution in [0.1, 0.15) is 38.5 Å². The van der Waals surface area contributed by atoms with Crippen molar-refractivity contribution < 1.29 is 0 Å². The number of hydrogen-bond donors (Lipinski definition) is 1. The summed E-state index contributed by atoms with van der Waals surface area (Å²) in [6, 6.07) is 0.797. The summed E-state index contributed by atoms with van der Waals surface area (Å²) < 4.78 is 0. The molecule has 19 heavy (non-hydrogen) atoms. The molecule has 0 amide bonds. The molecule has 1 saturated heterocycles. The molecule has 0 aromatic carbocycles. The maximum Gasteiger partial charge on any atom is 0.00928 e. The van der Waals surface area contributed by atoms with Crippen molar-refractivity contribution in [2.75, 3.05) is 47.3 Å². The lowest BCUT2D eigenvalue weighted by Gasteiger charge is -2.34. The van der Waals surface area contributed by atoms with E-state index >= 15 is 0 Å². The first-order valence-corrected chi connectivity index (χ1v) is 8.23. The van der Waals surface area contributed by atoms with Crippen LogP contribution in [0.2, 0.25) is 0 Å². The van der Waals surface area contributed by atoms with Crippen molar-refractivity contribution in [3.8, 4) is 0 Å². The highest BCUT2D eigenvalue weighted by Crippen LogP contribution is 2.29. The van der Waals surface area contributed by atoms with Gasteiger partial charge in [-0.3, -0.25) is 0 Å². The SMILES string of the molecule is CNC1CCCC1CCN1CCC(CN(C)C)CC1. The second kappa shape index (κ2) is 7.61. The Bertz CT molecular complexity index is 246. The fraction of sp³-hybridized carbons (Fsp3) is 1.00. The van der Waals surface area contributed by atoms with Crippen LogP contribution in [0.5, 0.6) is 0 Å². The fourth-order valence-electron chi connectivity index (χ4n) is 4.02. The largest absolute Gasteiger partial charge is 0.317 e. The predicted molar refractivity (Wildman–Crippen MR) is 82.5 cm³/mol. The third-order valence-corrected chi connectivity index (χ3v) is 5.18. The molecule has 2 unspecified atom stereocenters. The molecule has 1 heterocycles. The molecular formula is C16H33N3. The molecule has 1 aliphatic heterocycles. The topological polar surface area (TPSA) is 18.5 Å². The number of hydrogen-bond acceptors (Lipinski definition) is 3. The van der Waals surface area contributed by atoms with E-state index in [0.717, 1.165) is 17.9 Å². The monoisotopic (exact) mass is 267 g/mol. The molecule has 0 aromatic heterocycles. The van der Waals surface area contributed by atoms with E-state index < -0.39 is 0 Å². The van der Waals surface area contributed by atoms with Crippen LogP contribution >= 0.6 is 0 Å². The highest BCUT2D eigenvalue weighted by Gasteiger charge is 2.27. The van der Waals surface area contributed by atoms with Crippen LogP contribution < -0.4 is 5.32 Å². The van der Waals surface area contributed by atoms with Crippen molar-refractivity contribution in [3.63, 3.8) is 0 Å². The van der Waals surface area contributed by atoms with Gasteiger partial charge in [0.15, 0.2) is 0 Å². The van der Waals surface area contributed by atoms with E-state index in [1.807, 2.05) is 0 Å². The molecule has 3 nitrogen and oxygen atoms in total. The van der Waals surface area contributed by atoms with Gasteiger partial charge in [0.1, 0.15) is 0 Å². The fourth-order valence-corrected chi connectivity index (χ4v) is 4.02. The van der Waals surface area contributed by atoms with Gasteiger partial charge in [0, 0.05) is 12.6 Å². The lowest BCUT2D eigenvalue weighted by molar-refractivity contribution is 0.153. The van der Waals surface area contributed by atoms with Crippen LogP contribution in [-0.2, 0) is 0 Å². The first kappa shape index (κ1) is 15.3. The lowest BCUT2D eigenvalue weighted by Crippen LogP contribution is -2.39. The van der Waals surface area contributed by atoms with Crippen molar-refractivity contribution in [1.29, 1.82) is 0 Å². The molecule has 2 fully saturated rings. The zero-order valence-electron chi connectivity index (χ0n) is 13.2. The van der Waals surface area contributed by atoms with Crippen LogP contribution in [0.15, 0.2) is 0 Å². The van der Waals surface area contributed by atoms with E-state index in [-0.39, 0.29) is 0 Å². The Morgan fingerprint density at radius 1 is 1.11 bits per heavy atom. The van der Waals surface area contributed by atoms with E-state index in [4.69, 9.17) is 0 Å². The van der Waals surface area contributed by atoms with Crippen molar-refractivity contribution in [1.82, 2.24) is 15.1 Å². The molecule has 1 aliphatic carbocycles. The molecule has 0 radical (unpaired) electrons. The predicted octanol–water partition coefficient (Wildman–Crippen LogP) is 2.04. The second-order valence-electron chi connectivity index (χ2n) is 6.92. The quantitative estimate of drug-likeness (QED) is 0.794. The Morgan fingerprint density at radius 3 is 2.47 bits per heavy atom. The van der Waals surface area contributed by atoms with E-state index in [1.165, 1.54) is 64.7 Å². The van der Waals surface area contributed by atoms with Gasteiger partial charge in [-0.05, 0) is 84.7 Å². The minimum Gasteiger partial charge on any atom is -0.317 e. The van der Waals surface area contributed by atoms with Gasteiger partial charge in [-0.2, -0.15) is 0 Å². The average Bonchev–Trinajstić information content (AvgIpc) is 2.84. The molecule has 0 aromatic rings. The number of rotatable bonds is 6. The highest BCUT2D eigenvalue weighted by molar-refractivity contribution is 4.83. The van der Waals surface area contributed by atoms with Crippen molar-refractivity contribution in [2.45, 2.75) is 44.6 Å². The lowest BCUT2D eigenvalue weighted by atomic mass is 9.95. The summed E-state index contributed by atoms with van der Waals surface area (Å²) >= 11 is 0. The number of piperidine rings is 1. The summed E-state index contributed by atoms with van der Waals surface area (Å²) in [6.07, 6.45) is 8.48. The first-order chi connectivity index (χ1) is 9.19. The van der Waals surface area contributed by atoms with Gasteiger partial charge < -0.3 is 15.1 Å². The Kier molecular flexibility index (Phi) is 6.11. The van der Waals surface area contributed by atoms with E-state index in [1.54, 1.807) is 0 Å². The Labute approximate surface area is 119 Å². The van der Waals surface area contributed by atoms with Gasteiger partial charge >= 0.3 is 0 Å². The van der Waals surface area contributed by atoms with Gasteiger partial charge in [0.2, 0.25) is 0 Å². The molecular weight excluding hydrogens is 234 g/mol. The van der Waals surface area contributed by atoms with Gasteiger partial charge in [0.05, 0.1) is 0 Å². The average molecular weight is 267 g/mol. The molecule has 1 N–H and O–H groups in total. The minimum atomic E-state index is 0.797. The molecule has 2 rings (SSSR count). The number of likely N-dealkylation sites (tertiary alicyclic amines) is 1. The summed E-state index contributed by atoms with van der Waals surface area (Å²) in [5.74, 6) is 1.87. The van der Waals surface area contributed by atoms with Crippen LogP contribution in [0.4, 0.5) is 0 Å². The van der Waals surface area contributed by atoms with Crippen LogP contribution in [0, 0.1) is 11.8 Å². The standard InChI is InChI=1S/C16H33N3/c1-17-16-6-4-5-15(16)9-12-19-10-7-14(8-11-19)13-18(2)3/h14-17H,4-13H2,1-3H3. The molecule has 1 saturated carbocycles. The molecule has 0 spiro atoms. The van der Waals surface area contributed by atoms with Crippen molar-refractivity contribution >= 4 is 0 Å². The van der Waals surface area contributed by atoms with Crippen LogP contribution in [0.25, 0.3) is 0 Å². The van der Waals surface area contributed by atoms with Gasteiger partial charge in [-0.15, -0.1) is 0 Å². The van der Waals surface area contributed by atoms with E-state index in [0.29, 0.717) is 0 Å². The van der Waals surface area contributed by atoms with Gasteiger partial charge in [0.25, 0.3) is 0 Å². The Balaban J connectivity index is 1.63. The van der Waals surface area contributed by atoms with Crippen molar-refractivity contribution in [2.24, 2.45) is 11.8 Å². The zero-order chi connectivity index (χ0) is 13.7. The van der Waals surface area contributed by atoms with E-state index in [2.05, 4.69) is 36.3 Å². The van der Waals surface area contributed by atoms with Gasteiger partial charge in [-0.25, -0.2) is 0 Å². The van der Waals surface area contributed by atoms with Crippen LogP contribution in [-0.4, -0.2) is 63.2 Å². The minimum absolute atomic E-state index is 0.797. The maximum atomic E-state index is 3.51. The third-order valence-electron chi connectivity index (χ3n) is 5.18. The number of nitrogens with one attached hydrogen (secondary N) is 1. The second-order valence-corrected chi connectivity index (χ2v) is 6.92. The Hall–Kier alpha value is -0.120. The molecule has 0 bridgehead atoms. The summed E-state index contributed by atoms with van der Waals surface area (Å²) in [5.41, 5.74) is 0. The first-order valence-electron chi connectivity index (χ1n) is 8.23. The summed E-state index contributed by atoms with van der Waals surface area (Å²) in [7, 11) is 6.53. The molecule has 3 heteroatoms. The molecule has 112 valence electrons. The zero-order valence-corrected chi connectivity index (χ0v) is 13.2. The Morgan fingerprint density at radius 2 is 1.84 bits per heavy atom. The molecule has 2 aliphatic rings. The third kappa shape index (κ3) is 4.73. The normalized spacial score (nSPS) is 30.3. The highest BCUT2D eigenvalue weighted by atomic mass is 15.1. The van der Waals surface area contributed by atoms with E-state index in [9.17, 15) is 0 Å². The van der Waals surface area contributed by atoms with Crippen molar-refractivity contribution in [3.05, 3.63) is 0 Å². The maximum absolute atomic E-state index is 3.51.